The lowest BCUT2D eigenvalue weighted by Crippen LogP contribution is -2.36. The van der Waals surface area contributed by atoms with Crippen molar-refractivity contribution in [3.63, 3.8) is 0 Å². The minimum atomic E-state index is -3.41. The van der Waals surface area contributed by atoms with E-state index < -0.39 is 10.0 Å². The van der Waals surface area contributed by atoms with Gasteiger partial charge in [-0.1, -0.05) is 6.07 Å². The number of carbonyl (C=O) groups is 1. The standard InChI is InChI=1S/C14H18N2O3S2/c17-14-12-9-16(21(18,19)13-2-1-5-20-13)8-11(12)7-15(14)6-10-3-4-10/h1-2,5,10-12H,3-4,6-9H2/t11-,12+/m0/s1. The number of fused-ring (bicyclic) bond motifs is 1. The maximum Gasteiger partial charge on any atom is 0.252 e. The summed E-state index contributed by atoms with van der Waals surface area (Å²) in [6, 6.07) is 3.38. The molecule has 0 N–H and O–H groups in total. The monoisotopic (exact) mass is 326 g/mol. The summed E-state index contributed by atoms with van der Waals surface area (Å²) in [4.78, 5) is 14.4. The van der Waals surface area contributed by atoms with Crippen LogP contribution in [0.25, 0.3) is 0 Å². The lowest BCUT2D eigenvalue weighted by atomic mass is 10.0. The zero-order valence-electron chi connectivity index (χ0n) is 11.6. The molecule has 7 heteroatoms. The third-order valence-corrected chi connectivity index (χ3v) is 7.96. The molecule has 1 amide bonds. The summed E-state index contributed by atoms with van der Waals surface area (Å²) < 4.78 is 26.9. The van der Waals surface area contributed by atoms with Crippen LogP contribution in [0.3, 0.4) is 0 Å². The van der Waals surface area contributed by atoms with Gasteiger partial charge in [0.1, 0.15) is 4.21 Å². The molecule has 3 heterocycles. The average Bonchev–Trinajstić information content (AvgIpc) is 2.90. The molecule has 5 nitrogen and oxygen atoms in total. The van der Waals surface area contributed by atoms with E-state index in [1.54, 1.807) is 17.5 Å². The fraction of sp³-hybridized carbons (Fsp3) is 0.643. The van der Waals surface area contributed by atoms with Gasteiger partial charge in [0.25, 0.3) is 10.0 Å². The number of hydrogen-bond donors (Lipinski definition) is 0. The van der Waals surface area contributed by atoms with Gasteiger partial charge in [0.15, 0.2) is 0 Å². The van der Waals surface area contributed by atoms with Crippen LogP contribution in [0, 0.1) is 17.8 Å². The van der Waals surface area contributed by atoms with Gasteiger partial charge in [-0.05, 0) is 30.2 Å². The summed E-state index contributed by atoms with van der Waals surface area (Å²) in [7, 11) is -3.41. The Labute approximate surface area is 128 Å². The Bertz CT molecular complexity index is 652. The van der Waals surface area contributed by atoms with E-state index in [4.69, 9.17) is 0 Å². The number of amides is 1. The Kier molecular flexibility index (Phi) is 3.13. The number of thiophene rings is 1. The minimum absolute atomic E-state index is 0.126. The highest BCUT2D eigenvalue weighted by molar-refractivity contribution is 7.91. The minimum Gasteiger partial charge on any atom is -0.342 e. The highest BCUT2D eigenvalue weighted by atomic mass is 32.2. The van der Waals surface area contributed by atoms with Gasteiger partial charge in [0.05, 0.1) is 5.92 Å². The zero-order valence-corrected chi connectivity index (χ0v) is 13.3. The van der Waals surface area contributed by atoms with Crippen LogP contribution in [-0.2, 0) is 14.8 Å². The smallest absolute Gasteiger partial charge is 0.252 e. The van der Waals surface area contributed by atoms with Gasteiger partial charge in [-0.15, -0.1) is 11.3 Å². The molecule has 1 saturated carbocycles. The molecule has 21 heavy (non-hydrogen) atoms. The van der Waals surface area contributed by atoms with Crippen molar-refractivity contribution in [3.8, 4) is 0 Å². The molecule has 1 aliphatic carbocycles. The van der Waals surface area contributed by atoms with Gasteiger partial charge < -0.3 is 4.90 Å². The molecule has 0 unspecified atom stereocenters. The first-order valence-corrected chi connectivity index (χ1v) is 9.70. The SMILES string of the molecule is O=C1[C@@H]2CN(S(=O)(=O)c3cccs3)C[C@@H]2CN1CC1CC1. The van der Waals surface area contributed by atoms with E-state index in [2.05, 4.69) is 0 Å². The van der Waals surface area contributed by atoms with Crippen LogP contribution in [-0.4, -0.2) is 49.7 Å². The van der Waals surface area contributed by atoms with Crippen molar-refractivity contribution in [1.82, 2.24) is 9.21 Å². The molecule has 0 aromatic carbocycles. The first-order valence-electron chi connectivity index (χ1n) is 7.38. The van der Waals surface area contributed by atoms with Gasteiger partial charge in [0, 0.05) is 32.1 Å². The Morgan fingerprint density at radius 1 is 1.24 bits per heavy atom. The number of rotatable bonds is 4. The normalized spacial score (nSPS) is 30.1. The van der Waals surface area contributed by atoms with Crippen molar-refractivity contribution >= 4 is 27.3 Å². The van der Waals surface area contributed by atoms with E-state index >= 15 is 0 Å². The molecule has 114 valence electrons. The second-order valence-corrected chi connectivity index (χ2v) is 9.42. The Morgan fingerprint density at radius 3 is 2.67 bits per heavy atom. The maximum atomic E-state index is 12.5. The topological polar surface area (TPSA) is 57.7 Å². The van der Waals surface area contributed by atoms with Crippen LogP contribution in [0.1, 0.15) is 12.8 Å². The van der Waals surface area contributed by atoms with Crippen molar-refractivity contribution in [1.29, 1.82) is 0 Å². The van der Waals surface area contributed by atoms with Crippen LogP contribution < -0.4 is 0 Å². The Hall–Kier alpha value is -0.920. The number of sulfonamides is 1. The van der Waals surface area contributed by atoms with Crippen LogP contribution in [0.15, 0.2) is 21.7 Å². The molecular formula is C14H18N2O3S2. The number of nitrogens with zero attached hydrogens (tertiary/aromatic N) is 2. The van der Waals surface area contributed by atoms with Gasteiger partial charge in [-0.2, -0.15) is 4.31 Å². The average molecular weight is 326 g/mol. The molecule has 1 aromatic rings. The van der Waals surface area contributed by atoms with E-state index in [0.29, 0.717) is 23.2 Å². The molecule has 0 radical (unpaired) electrons. The van der Waals surface area contributed by atoms with Crippen LogP contribution in [0.2, 0.25) is 0 Å². The largest absolute Gasteiger partial charge is 0.342 e. The summed E-state index contributed by atoms with van der Waals surface area (Å²) in [5, 5.41) is 1.77. The van der Waals surface area contributed by atoms with Crippen molar-refractivity contribution in [2.45, 2.75) is 17.1 Å². The van der Waals surface area contributed by atoms with Crippen molar-refractivity contribution in [3.05, 3.63) is 17.5 Å². The molecule has 2 atom stereocenters. The summed E-state index contributed by atoms with van der Waals surface area (Å²) in [6.45, 7) is 2.45. The molecule has 3 fully saturated rings. The van der Waals surface area contributed by atoms with Gasteiger partial charge >= 0.3 is 0 Å². The summed E-state index contributed by atoms with van der Waals surface area (Å²) in [5.41, 5.74) is 0. The first-order chi connectivity index (χ1) is 10.1. The van der Waals surface area contributed by atoms with Crippen molar-refractivity contribution in [2.75, 3.05) is 26.2 Å². The fourth-order valence-electron chi connectivity index (χ4n) is 3.41. The number of carbonyl (C=O) groups excluding carboxylic acids is 1. The Balaban J connectivity index is 1.48. The van der Waals surface area contributed by atoms with Crippen molar-refractivity contribution in [2.24, 2.45) is 17.8 Å². The number of likely N-dealkylation sites (tertiary alicyclic amines) is 1. The van der Waals surface area contributed by atoms with E-state index in [1.807, 2.05) is 4.90 Å². The number of hydrogen-bond acceptors (Lipinski definition) is 4. The molecule has 0 bridgehead atoms. The summed E-state index contributed by atoms with van der Waals surface area (Å²) in [5.74, 6) is 0.902. The third kappa shape index (κ3) is 2.31. The molecule has 2 aliphatic heterocycles. The van der Waals surface area contributed by atoms with E-state index in [1.165, 1.54) is 28.5 Å². The van der Waals surface area contributed by atoms with E-state index in [0.717, 1.165) is 13.1 Å². The van der Waals surface area contributed by atoms with Gasteiger partial charge in [-0.3, -0.25) is 4.79 Å². The molecule has 3 aliphatic rings. The van der Waals surface area contributed by atoms with Gasteiger partial charge in [-0.25, -0.2) is 8.42 Å². The lowest BCUT2D eigenvalue weighted by Gasteiger charge is -2.21. The van der Waals surface area contributed by atoms with Crippen molar-refractivity contribution < 1.29 is 13.2 Å². The highest BCUT2D eigenvalue weighted by Crippen LogP contribution is 2.38. The molecule has 2 saturated heterocycles. The van der Waals surface area contributed by atoms with E-state index in [9.17, 15) is 13.2 Å². The molecule has 4 rings (SSSR count). The van der Waals surface area contributed by atoms with Gasteiger partial charge in [0.2, 0.25) is 5.91 Å². The molecular weight excluding hydrogens is 308 g/mol. The third-order valence-electron chi connectivity index (χ3n) is 4.76. The Morgan fingerprint density at radius 2 is 2.05 bits per heavy atom. The second kappa shape index (κ2) is 4.79. The van der Waals surface area contributed by atoms with Crippen LogP contribution in [0.5, 0.6) is 0 Å². The predicted molar refractivity (Wildman–Crippen MR) is 79.4 cm³/mol. The predicted octanol–water partition coefficient (Wildman–Crippen LogP) is 1.24. The first kappa shape index (κ1) is 13.7. The maximum absolute atomic E-state index is 12.5. The lowest BCUT2D eigenvalue weighted by molar-refractivity contribution is -0.131. The fourth-order valence-corrected chi connectivity index (χ4v) is 6.08. The van der Waals surface area contributed by atoms with E-state index in [-0.39, 0.29) is 17.7 Å². The summed E-state index contributed by atoms with van der Waals surface area (Å²) in [6.07, 6.45) is 2.47. The second-order valence-electron chi connectivity index (χ2n) is 6.31. The van der Waals surface area contributed by atoms with Crippen LogP contribution in [0.4, 0.5) is 0 Å². The summed E-state index contributed by atoms with van der Waals surface area (Å²) >= 11 is 1.24. The zero-order chi connectivity index (χ0) is 14.6. The van der Waals surface area contributed by atoms with Crippen LogP contribution >= 0.6 is 11.3 Å². The molecule has 0 spiro atoms. The quantitative estimate of drug-likeness (QED) is 0.836. The molecule has 1 aromatic heterocycles. The highest BCUT2D eigenvalue weighted by Gasteiger charge is 2.50.